The van der Waals surface area contributed by atoms with Crippen molar-refractivity contribution in [2.24, 2.45) is 11.3 Å². The maximum absolute atomic E-state index is 11.0. The van der Waals surface area contributed by atoms with Gasteiger partial charge in [0, 0.05) is 23.0 Å². The molecule has 24 heavy (non-hydrogen) atoms. The molecule has 4 heteroatoms. The monoisotopic (exact) mass is 359 g/mol. The number of thiophene rings is 2. The van der Waals surface area contributed by atoms with E-state index < -0.39 is 0 Å². The van der Waals surface area contributed by atoms with Crippen molar-refractivity contribution in [3.05, 3.63) is 29.1 Å². The topological polar surface area (TPSA) is 20.3 Å². The number of hydrogen-bond donors (Lipinski definition) is 0. The van der Waals surface area contributed by atoms with E-state index in [2.05, 4.69) is 57.8 Å². The van der Waals surface area contributed by atoms with E-state index in [1.807, 2.05) is 17.4 Å². The standard InChI is InChI=1S/C20H25NOS2/c1-13(10-20(2,3)4)11-21(5)19-8-15-6-14-7-16(12-22)23-17(14)9-18(15)24-19/h6-9,12-13H,10-11H2,1-5H3. The third-order valence-corrected chi connectivity index (χ3v) is 6.44. The van der Waals surface area contributed by atoms with Gasteiger partial charge in [-0.1, -0.05) is 27.7 Å². The molecule has 0 radical (unpaired) electrons. The molecule has 2 aromatic heterocycles. The molecule has 0 saturated carbocycles. The van der Waals surface area contributed by atoms with Crippen LogP contribution in [0.4, 0.5) is 5.00 Å². The SMILES string of the molecule is CC(CN(C)c1cc2cc3cc(C=O)sc3cc2s1)CC(C)(C)C. The normalized spacial score (nSPS) is 13.5. The van der Waals surface area contributed by atoms with Gasteiger partial charge in [0.05, 0.1) is 9.88 Å². The first-order valence-corrected chi connectivity index (χ1v) is 10.0. The largest absolute Gasteiger partial charge is 0.366 e. The first kappa shape index (κ1) is 17.4. The van der Waals surface area contributed by atoms with E-state index in [0.717, 1.165) is 17.7 Å². The van der Waals surface area contributed by atoms with Crippen LogP contribution >= 0.6 is 22.7 Å². The number of rotatable bonds is 5. The highest BCUT2D eigenvalue weighted by Gasteiger charge is 2.17. The van der Waals surface area contributed by atoms with Crippen molar-refractivity contribution in [1.82, 2.24) is 0 Å². The summed E-state index contributed by atoms with van der Waals surface area (Å²) in [5, 5.41) is 3.76. The lowest BCUT2D eigenvalue weighted by molar-refractivity contribution is 0.112. The van der Waals surface area contributed by atoms with Gasteiger partial charge >= 0.3 is 0 Å². The molecule has 3 rings (SSSR count). The summed E-state index contributed by atoms with van der Waals surface area (Å²) in [7, 11) is 2.19. The van der Waals surface area contributed by atoms with E-state index in [1.54, 1.807) is 11.3 Å². The minimum absolute atomic E-state index is 0.376. The molecule has 0 bridgehead atoms. The maximum Gasteiger partial charge on any atom is 0.160 e. The summed E-state index contributed by atoms with van der Waals surface area (Å²) in [6.07, 6.45) is 2.17. The van der Waals surface area contributed by atoms with Crippen LogP contribution in [0.25, 0.3) is 20.2 Å². The second-order valence-corrected chi connectivity index (χ2v) is 10.2. The highest BCUT2D eigenvalue weighted by atomic mass is 32.1. The van der Waals surface area contributed by atoms with Crippen molar-refractivity contribution in [3.63, 3.8) is 0 Å². The van der Waals surface area contributed by atoms with E-state index in [9.17, 15) is 4.79 Å². The Morgan fingerprint density at radius 3 is 2.42 bits per heavy atom. The first-order chi connectivity index (χ1) is 11.2. The molecule has 0 spiro atoms. The zero-order chi connectivity index (χ0) is 17.5. The molecular weight excluding hydrogens is 334 g/mol. The quantitative estimate of drug-likeness (QED) is 0.489. The van der Waals surface area contributed by atoms with Crippen LogP contribution in [-0.2, 0) is 0 Å². The van der Waals surface area contributed by atoms with Gasteiger partial charge in [0.25, 0.3) is 0 Å². The molecule has 1 atom stereocenters. The molecule has 2 heterocycles. The number of nitrogens with zero attached hydrogens (tertiary/aromatic N) is 1. The van der Waals surface area contributed by atoms with Crippen LogP contribution in [0, 0.1) is 11.3 Å². The summed E-state index contributed by atoms with van der Waals surface area (Å²) >= 11 is 3.41. The van der Waals surface area contributed by atoms with Gasteiger partial charge in [-0.2, -0.15) is 0 Å². The molecule has 0 aliphatic heterocycles. The zero-order valence-electron chi connectivity index (χ0n) is 15.1. The summed E-state index contributed by atoms with van der Waals surface area (Å²) in [6, 6.07) is 8.70. The van der Waals surface area contributed by atoms with Crippen molar-refractivity contribution in [1.29, 1.82) is 0 Å². The van der Waals surface area contributed by atoms with Gasteiger partial charge in [0.1, 0.15) is 0 Å². The third kappa shape index (κ3) is 3.81. The van der Waals surface area contributed by atoms with Crippen LogP contribution < -0.4 is 4.90 Å². The molecule has 128 valence electrons. The van der Waals surface area contributed by atoms with Crippen LogP contribution in [0.1, 0.15) is 43.8 Å². The Balaban J connectivity index is 1.83. The Morgan fingerprint density at radius 1 is 1.08 bits per heavy atom. The van der Waals surface area contributed by atoms with Crippen LogP contribution in [0.15, 0.2) is 24.3 Å². The summed E-state index contributed by atoms with van der Waals surface area (Å²) in [5.74, 6) is 0.666. The number of anilines is 1. The summed E-state index contributed by atoms with van der Waals surface area (Å²) < 4.78 is 2.49. The van der Waals surface area contributed by atoms with E-state index in [4.69, 9.17) is 0 Å². The lowest BCUT2D eigenvalue weighted by Crippen LogP contribution is -2.25. The molecule has 0 amide bonds. The molecule has 0 fully saturated rings. The van der Waals surface area contributed by atoms with Crippen LogP contribution in [0.2, 0.25) is 0 Å². The molecule has 2 nitrogen and oxygen atoms in total. The number of benzene rings is 1. The van der Waals surface area contributed by atoms with Gasteiger partial charge in [0.2, 0.25) is 0 Å². The van der Waals surface area contributed by atoms with Crippen LogP contribution in [-0.4, -0.2) is 19.9 Å². The first-order valence-electron chi connectivity index (χ1n) is 8.38. The summed E-state index contributed by atoms with van der Waals surface area (Å²) in [6.45, 7) is 10.3. The van der Waals surface area contributed by atoms with E-state index >= 15 is 0 Å². The minimum Gasteiger partial charge on any atom is -0.366 e. The van der Waals surface area contributed by atoms with Gasteiger partial charge in [-0.25, -0.2) is 0 Å². The fraction of sp³-hybridized carbons (Fsp3) is 0.450. The van der Waals surface area contributed by atoms with Gasteiger partial charge in [0.15, 0.2) is 6.29 Å². The number of fused-ring (bicyclic) bond motifs is 2. The van der Waals surface area contributed by atoms with E-state index in [-0.39, 0.29) is 0 Å². The lowest BCUT2D eigenvalue weighted by atomic mass is 9.85. The fourth-order valence-corrected chi connectivity index (χ4v) is 5.53. The highest BCUT2D eigenvalue weighted by Crippen LogP contribution is 2.37. The minimum atomic E-state index is 0.376. The van der Waals surface area contributed by atoms with E-state index in [0.29, 0.717) is 11.3 Å². The van der Waals surface area contributed by atoms with Crippen molar-refractivity contribution in [3.8, 4) is 0 Å². The van der Waals surface area contributed by atoms with Gasteiger partial charge in [-0.05, 0) is 52.8 Å². The maximum atomic E-state index is 11.0. The van der Waals surface area contributed by atoms with Gasteiger partial charge < -0.3 is 4.90 Å². The molecule has 0 saturated heterocycles. The average molecular weight is 360 g/mol. The second kappa shape index (κ2) is 6.49. The number of hydrogen-bond acceptors (Lipinski definition) is 4. The van der Waals surface area contributed by atoms with Gasteiger partial charge in [-0.15, -0.1) is 22.7 Å². The zero-order valence-corrected chi connectivity index (χ0v) is 16.7. The highest BCUT2D eigenvalue weighted by molar-refractivity contribution is 7.24. The second-order valence-electron chi connectivity index (χ2n) is 8.03. The third-order valence-electron chi connectivity index (χ3n) is 4.20. The smallest absolute Gasteiger partial charge is 0.160 e. The Kier molecular flexibility index (Phi) is 4.71. The molecule has 0 aliphatic rings. The van der Waals surface area contributed by atoms with Crippen LogP contribution in [0.3, 0.4) is 0 Å². The fourth-order valence-electron chi connectivity index (χ4n) is 3.50. The number of carbonyl (C=O) groups is 1. The predicted octanol–water partition coefficient (Wildman–Crippen LogP) is 6.44. The molecule has 1 aromatic carbocycles. The molecular formula is C20H25NOS2. The average Bonchev–Trinajstić information content (AvgIpc) is 3.04. The summed E-state index contributed by atoms with van der Waals surface area (Å²) in [4.78, 5) is 14.1. The lowest BCUT2D eigenvalue weighted by Gasteiger charge is -2.27. The Labute approximate surface area is 152 Å². The van der Waals surface area contributed by atoms with E-state index in [1.165, 1.54) is 31.6 Å². The van der Waals surface area contributed by atoms with Crippen molar-refractivity contribution in [2.75, 3.05) is 18.5 Å². The Bertz CT molecular complexity index is 818. The van der Waals surface area contributed by atoms with Crippen molar-refractivity contribution >= 4 is 54.1 Å². The predicted molar refractivity (Wildman–Crippen MR) is 109 cm³/mol. The Hall–Kier alpha value is -1.39. The number of carbonyl (C=O) groups excluding carboxylic acids is 1. The molecule has 3 aromatic rings. The van der Waals surface area contributed by atoms with Crippen LogP contribution in [0.5, 0.6) is 0 Å². The Morgan fingerprint density at radius 2 is 1.75 bits per heavy atom. The molecule has 1 unspecified atom stereocenters. The molecule has 0 aliphatic carbocycles. The molecule has 0 N–H and O–H groups in total. The van der Waals surface area contributed by atoms with Crippen molar-refractivity contribution in [2.45, 2.75) is 34.1 Å². The van der Waals surface area contributed by atoms with Gasteiger partial charge in [-0.3, -0.25) is 4.79 Å². The summed E-state index contributed by atoms with van der Waals surface area (Å²) in [5.41, 5.74) is 0.376. The number of aldehydes is 1. The van der Waals surface area contributed by atoms with Crippen molar-refractivity contribution < 1.29 is 4.79 Å².